The van der Waals surface area contributed by atoms with Crippen molar-refractivity contribution in [2.75, 3.05) is 19.8 Å². The van der Waals surface area contributed by atoms with Crippen LogP contribution >= 0.6 is 0 Å². The molecule has 0 aliphatic heterocycles. The molecule has 9 atom stereocenters. The molecule has 4 saturated carbocycles. The lowest BCUT2D eigenvalue weighted by Gasteiger charge is -2.63. The third-order valence-corrected chi connectivity index (χ3v) is 10.6. The van der Waals surface area contributed by atoms with Crippen molar-refractivity contribution in [3.05, 3.63) is 0 Å². The molecule has 3 unspecified atom stereocenters. The molecular formula is C27H49N3O3. The van der Waals surface area contributed by atoms with Crippen LogP contribution in [0.25, 0.3) is 0 Å². The van der Waals surface area contributed by atoms with Crippen molar-refractivity contribution < 1.29 is 14.7 Å². The lowest BCUT2D eigenvalue weighted by Crippen LogP contribution is -2.62. The Labute approximate surface area is 201 Å². The Balaban J connectivity index is 1.48. The van der Waals surface area contributed by atoms with Crippen molar-refractivity contribution in [2.24, 2.45) is 51.1 Å². The summed E-state index contributed by atoms with van der Waals surface area (Å²) in [6.07, 6.45) is 11.5. The second-order valence-electron chi connectivity index (χ2n) is 12.4. The number of ether oxygens (including phenoxy) is 1. The minimum atomic E-state index is -0.596. The van der Waals surface area contributed by atoms with Crippen molar-refractivity contribution in [3.8, 4) is 0 Å². The van der Waals surface area contributed by atoms with Gasteiger partial charge in [-0.2, -0.15) is 0 Å². The molecule has 0 bridgehead atoms. The molecule has 4 fully saturated rings. The van der Waals surface area contributed by atoms with Gasteiger partial charge in [0.1, 0.15) is 6.61 Å². The molecule has 33 heavy (non-hydrogen) atoms. The molecule has 0 aromatic rings. The first-order valence-electron chi connectivity index (χ1n) is 13.6. The summed E-state index contributed by atoms with van der Waals surface area (Å²) in [5.41, 5.74) is 12.1. The van der Waals surface area contributed by atoms with Crippen molar-refractivity contribution in [1.82, 2.24) is 0 Å². The van der Waals surface area contributed by atoms with E-state index in [1.54, 1.807) is 0 Å². The van der Waals surface area contributed by atoms with E-state index in [2.05, 4.69) is 25.9 Å². The van der Waals surface area contributed by atoms with Gasteiger partial charge in [0.25, 0.3) is 0 Å². The van der Waals surface area contributed by atoms with Gasteiger partial charge in [0.15, 0.2) is 0 Å². The van der Waals surface area contributed by atoms with E-state index in [0.717, 1.165) is 56.8 Å². The van der Waals surface area contributed by atoms with E-state index in [4.69, 9.17) is 21.0 Å². The van der Waals surface area contributed by atoms with Crippen LogP contribution in [0.5, 0.6) is 0 Å². The van der Waals surface area contributed by atoms with E-state index in [-0.39, 0.29) is 17.4 Å². The SMILES string of the molecule is C/C(=N/OCC(C)N)[C@H]1CC[C@@]2(O)[C@@H]3CCC4CC(OCCCN)CC[C@]4(C)[C@H]3CC[C@]12C. The van der Waals surface area contributed by atoms with Gasteiger partial charge in [-0.15, -0.1) is 0 Å². The number of nitrogens with zero attached hydrogens (tertiary/aromatic N) is 1. The van der Waals surface area contributed by atoms with Crippen LogP contribution in [0, 0.1) is 34.5 Å². The summed E-state index contributed by atoms with van der Waals surface area (Å²) in [5.74, 6) is 2.02. The molecule has 0 amide bonds. The first-order chi connectivity index (χ1) is 15.7. The highest BCUT2D eigenvalue weighted by atomic mass is 16.6. The fraction of sp³-hybridized carbons (Fsp3) is 0.963. The summed E-state index contributed by atoms with van der Waals surface area (Å²) in [6, 6.07) is -0.0230. The normalized spacial score (nSPS) is 46.3. The molecule has 0 aromatic heterocycles. The van der Waals surface area contributed by atoms with Crippen molar-refractivity contribution in [2.45, 2.75) is 110 Å². The zero-order valence-electron chi connectivity index (χ0n) is 21.5. The van der Waals surface area contributed by atoms with Crippen LogP contribution in [0.3, 0.4) is 0 Å². The first kappa shape index (κ1) is 25.4. The van der Waals surface area contributed by atoms with Crippen LogP contribution in [0.2, 0.25) is 0 Å². The Hall–Kier alpha value is -0.690. The fourth-order valence-electron chi connectivity index (χ4n) is 8.66. The van der Waals surface area contributed by atoms with E-state index < -0.39 is 5.60 Å². The van der Waals surface area contributed by atoms with Crippen molar-refractivity contribution in [3.63, 3.8) is 0 Å². The molecule has 6 heteroatoms. The smallest absolute Gasteiger partial charge is 0.131 e. The zero-order chi connectivity index (χ0) is 23.9. The van der Waals surface area contributed by atoms with E-state index >= 15 is 0 Å². The average molecular weight is 464 g/mol. The molecular weight excluding hydrogens is 414 g/mol. The Morgan fingerprint density at radius 2 is 1.88 bits per heavy atom. The first-order valence-corrected chi connectivity index (χ1v) is 13.6. The summed E-state index contributed by atoms with van der Waals surface area (Å²) in [6.45, 7) is 10.8. The van der Waals surface area contributed by atoms with Gasteiger partial charge in [0, 0.05) is 24.0 Å². The average Bonchev–Trinajstić information content (AvgIpc) is 3.05. The molecule has 0 aromatic carbocycles. The predicted molar refractivity (Wildman–Crippen MR) is 133 cm³/mol. The lowest BCUT2D eigenvalue weighted by atomic mass is 9.43. The van der Waals surface area contributed by atoms with Crippen LogP contribution in [-0.2, 0) is 9.57 Å². The highest BCUT2D eigenvalue weighted by Crippen LogP contribution is 2.69. The number of rotatable bonds is 8. The number of aliphatic hydroxyl groups is 1. The molecule has 4 rings (SSSR count). The second kappa shape index (κ2) is 9.75. The van der Waals surface area contributed by atoms with Crippen LogP contribution in [0.15, 0.2) is 5.16 Å². The molecule has 4 aliphatic rings. The van der Waals surface area contributed by atoms with Crippen LogP contribution < -0.4 is 11.5 Å². The molecule has 0 saturated heterocycles. The van der Waals surface area contributed by atoms with Crippen LogP contribution in [0.1, 0.15) is 91.9 Å². The molecule has 0 spiro atoms. The number of hydrogen-bond donors (Lipinski definition) is 3. The summed E-state index contributed by atoms with van der Waals surface area (Å²) in [7, 11) is 0. The zero-order valence-corrected chi connectivity index (χ0v) is 21.5. The quantitative estimate of drug-likeness (QED) is 0.284. The Kier molecular flexibility index (Phi) is 7.51. The highest BCUT2D eigenvalue weighted by molar-refractivity contribution is 5.85. The Morgan fingerprint density at radius 3 is 2.61 bits per heavy atom. The number of fused-ring (bicyclic) bond motifs is 5. The molecule has 5 N–H and O–H groups in total. The molecule has 0 radical (unpaired) electrons. The maximum atomic E-state index is 12.3. The largest absolute Gasteiger partial charge is 0.394 e. The van der Waals surface area contributed by atoms with E-state index in [0.29, 0.717) is 36.5 Å². The van der Waals surface area contributed by atoms with Gasteiger partial charge in [-0.1, -0.05) is 19.0 Å². The topological polar surface area (TPSA) is 103 Å². The van der Waals surface area contributed by atoms with Crippen LogP contribution in [0.4, 0.5) is 0 Å². The summed E-state index contributed by atoms with van der Waals surface area (Å²) in [5, 5.41) is 16.8. The van der Waals surface area contributed by atoms with E-state index in [9.17, 15) is 5.11 Å². The molecule has 4 aliphatic carbocycles. The third kappa shape index (κ3) is 4.39. The van der Waals surface area contributed by atoms with Gasteiger partial charge in [-0.3, -0.25) is 0 Å². The summed E-state index contributed by atoms with van der Waals surface area (Å²) >= 11 is 0. The van der Waals surface area contributed by atoms with Gasteiger partial charge in [0.05, 0.1) is 17.4 Å². The minimum absolute atomic E-state index is 0.0230. The molecule has 0 heterocycles. The van der Waals surface area contributed by atoms with Gasteiger partial charge in [-0.05, 0) is 108 Å². The van der Waals surface area contributed by atoms with Crippen molar-refractivity contribution in [1.29, 1.82) is 0 Å². The lowest BCUT2D eigenvalue weighted by molar-refractivity contribution is -0.208. The number of oxime groups is 1. The Morgan fingerprint density at radius 1 is 1.09 bits per heavy atom. The summed E-state index contributed by atoms with van der Waals surface area (Å²) < 4.78 is 6.18. The monoisotopic (exact) mass is 463 g/mol. The van der Waals surface area contributed by atoms with Gasteiger partial charge in [-0.25, -0.2) is 0 Å². The maximum Gasteiger partial charge on any atom is 0.131 e. The summed E-state index contributed by atoms with van der Waals surface area (Å²) in [4.78, 5) is 5.53. The molecule has 190 valence electrons. The standard InChI is InChI=1S/C27H49N3O3/c1-18(29)17-33-30-19(2)22-10-13-27(31)24-7-6-20-16-21(32-15-5-14-28)8-11-25(20,3)23(24)9-12-26(22,27)4/h18,20-24,31H,5-17,28-29H2,1-4H3/b30-19-/t18?,20?,21?,22-,23+,24-,25+,26-,27-/m1/s1. The Bertz CT molecular complexity index is 715. The van der Waals surface area contributed by atoms with Gasteiger partial charge >= 0.3 is 0 Å². The van der Waals surface area contributed by atoms with E-state index in [1.807, 2.05) is 6.92 Å². The van der Waals surface area contributed by atoms with Gasteiger partial charge < -0.3 is 26.1 Å². The van der Waals surface area contributed by atoms with Gasteiger partial charge in [0.2, 0.25) is 0 Å². The maximum absolute atomic E-state index is 12.3. The third-order valence-electron chi connectivity index (χ3n) is 10.6. The predicted octanol–water partition coefficient (Wildman–Crippen LogP) is 4.23. The molecule has 6 nitrogen and oxygen atoms in total. The number of hydrogen-bond acceptors (Lipinski definition) is 6. The fourth-order valence-corrected chi connectivity index (χ4v) is 8.66. The minimum Gasteiger partial charge on any atom is -0.394 e. The van der Waals surface area contributed by atoms with Crippen LogP contribution in [-0.4, -0.2) is 48.3 Å². The van der Waals surface area contributed by atoms with E-state index in [1.165, 1.54) is 25.7 Å². The van der Waals surface area contributed by atoms with Crippen molar-refractivity contribution >= 4 is 5.71 Å². The second-order valence-corrected chi connectivity index (χ2v) is 12.4. The number of nitrogens with two attached hydrogens (primary N) is 2. The highest BCUT2D eigenvalue weighted by Gasteiger charge is 2.67.